The van der Waals surface area contributed by atoms with Gasteiger partial charge in [-0.25, -0.2) is 9.97 Å². The van der Waals surface area contributed by atoms with Gasteiger partial charge in [-0.2, -0.15) is 0 Å². The number of hydrogen-bond acceptors (Lipinski definition) is 4. The zero-order valence-electron chi connectivity index (χ0n) is 13.6. The summed E-state index contributed by atoms with van der Waals surface area (Å²) in [5.74, 6) is 0.763. The zero-order chi connectivity index (χ0) is 16.8. The van der Waals surface area contributed by atoms with E-state index in [0.29, 0.717) is 12.8 Å². The summed E-state index contributed by atoms with van der Waals surface area (Å²) in [6.45, 7) is 2.08. The average molecular weight is 317 g/mol. The van der Waals surface area contributed by atoms with Gasteiger partial charge in [0.25, 0.3) is 0 Å². The third kappa shape index (κ3) is 3.49. The van der Waals surface area contributed by atoms with Crippen molar-refractivity contribution in [2.75, 3.05) is 5.32 Å². The van der Waals surface area contributed by atoms with Crippen molar-refractivity contribution in [3.63, 3.8) is 0 Å². The summed E-state index contributed by atoms with van der Waals surface area (Å²) >= 11 is 0. The van der Waals surface area contributed by atoms with Crippen molar-refractivity contribution in [3.05, 3.63) is 66.6 Å². The van der Waals surface area contributed by atoms with Crippen LogP contribution in [0.1, 0.15) is 18.4 Å². The SMILES string of the molecule is Cc1ccc(-c2cccc3ncnc(N/C=C/CCC=O)c23)cc1. The van der Waals surface area contributed by atoms with Crippen LogP contribution in [-0.2, 0) is 4.79 Å². The number of carbonyl (C=O) groups is 1. The number of aryl methyl sites for hydroxylation is 1. The molecule has 4 heteroatoms. The summed E-state index contributed by atoms with van der Waals surface area (Å²) in [5.41, 5.74) is 4.35. The molecule has 1 aromatic heterocycles. The van der Waals surface area contributed by atoms with Crippen LogP contribution in [0.4, 0.5) is 5.82 Å². The van der Waals surface area contributed by atoms with E-state index >= 15 is 0 Å². The number of nitrogens with zero attached hydrogens (tertiary/aromatic N) is 2. The Bertz CT molecular complexity index is 864. The second kappa shape index (κ2) is 7.51. The third-order valence-corrected chi connectivity index (χ3v) is 3.81. The Hall–Kier alpha value is -3.01. The van der Waals surface area contributed by atoms with Crippen molar-refractivity contribution in [1.29, 1.82) is 0 Å². The number of anilines is 1. The van der Waals surface area contributed by atoms with Crippen LogP contribution in [0.3, 0.4) is 0 Å². The molecule has 0 fully saturated rings. The van der Waals surface area contributed by atoms with Crippen LogP contribution >= 0.6 is 0 Å². The van der Waals surface area contributed by atoms with Gasteiger partial charge in [-0.05, 0) is 36.7 Å². The molecule has 3 aromatic rings. The topological polar surface area (TPSA) is 54.9 Å². The van der Waals surface area contributed by atoms with Crippen molar-refractivity contribution in [1.82, 2.24) is 9.97 Å². The Kier molecular flexibility index (Phi) is 4.96. The van der Waals surface area contributed by atoms with E-state index in [0.717, 1.165) is 34.1 Å². The minimum atomic E-state index is 0.525. The molecule has 0 amide bonds. The highest BCUT2D eigenvalue weighted by Gasteiger charge is 2.09. The Labute approximate surface area is 141 Å². The monoisotopic (exact) mass is 317 g/mol. The number of allylic oxidation sites excluding steroid dienone is 1. The van der Waals surface area contributed by atoms with E-state index in [1.807, 2.05) is 24.4 Å². The van der Waals surface area contributed by atoms with Crippen LogP contribution in [0.2, 0.25) is 0 Å². The highest BCUT2D eigenvalue weighted by atomic mass is 16.1. The lowest BCUT2D eigenvalue weighted by molar-refractivity contribution is -0.107. The van der Waals surface area contributed by atoms with Crippen molar-refractivity contribution < 1.29 is 4.79 Å². The molecule has 24 heavy (non-hydrogen) atoms. The van der Waals surface area contributed by atoms with E-state index in [4.69, 9.17) is 0 Å². The molecule has 0 bridgehead atoms. The quantitative estimate of drug-likeness (QED) is 0.537. The molecule has 2 aromatic carbocycles. The molecular weight excluding hydrogens is 298 g/mol. The van der Waals surface area contributed by atoms with Gasteiger partial charge in [0.2, 0.25) is 0 Å². The fourth-order valence-corrected chi connectivity index (χ4v) is 2.58. The molecule has 0 spiro atoms. The summed E-state index contributed by atoms with van der Waals surface area (Å²) in [4.78, 5) is 19.1. The van der Waals surface area contributed by atoms with Gasteiger partial charge in [0.15, 0.2) is 0 Å². The first-order chi connectivity index (χ1) is 11.8. The fraction of sp³-hybridized carbons (Fsp3) is 0.150. The number of carbonyl (C=O) groups excluding carboxylic acids is 1. The lowest BCUT2D eigenvalue weighted by Gasteiger charge is -2.10. The largest absolute Gasteiger partial charge is 0.346 e. The number of benzene rings is 2. The van der Waals surface area contributed by atoms with Gasteiger partial charge in [-0.1, -0.05) is 48.0 Å². The molecular formula is C20H19N3O. The van der Waals surface area contributed by atoms with Gasteiger partial charge >= 0.3 is 0 Å². The molecule has 1 heterocycles. The van der Waals surface area contributed by atoms with Crippen LogP contribution in [0.15, 0.2) is 61.1 Å². The highest BCUT2D eigenvalue weighted by molar-refractivity contribution is 6.01. The zero-order valence-corrected chi connectivity index (χ0v) is 13.6. The number of aldehydes is 1. The van der Waals surface area contributed by atoms with E-state index in [2.05, 4.69) is 52.5 Å². The minimum Gasteiger partial charge on any atom is -0.346 e. The maximum absolute atomic E-state index is 10.4. The Balaban J connectivity index is 2.02. The maximum atomic E-state index is 10.4. The Morgan fingerprint density at radius 3 is 2.67 bits per heavy atom. The molecule has 0 atom stereocenters. The van der Waals surface area contributed by atoms with E-state index in [1.165, 1.54) is 5.56 Å². The second-order valence-electron chi connectivity index (χ2n) is 5.58. The fourth-order valence-electron chi connectivity index (χ4n) is 2.58. The summed E-state index contributed by atoms with van der Waals surface area (Å²) in [6.07, 6.45) is 7.47. The number of unbranched alkanes of at least 4 members (excludes halogenated alkanes) is 1. The van der Waals surface area contributed by atoms with Crippen molar-refractivity contribution >= 4 is 23.0 Å². The molecule has 0 aliphatic rings. The standard InChI is InChI=1S/C20H19N3O/c1-15-8-10-16(11-9-15)17-6-5-7-18-19(17)20(23-14-22-18)21-12-3-2-4-13-24/h3,5-14H,2,4H2,1H3,(H,21,22,23)/b12-3+. The van der Waals surface area contributed by atoms with Gasteiger partial charge < -0.3 is 10.1 Å². The number of nitrogens with one attached hydrogen (secondary N) is 1. The predicted octanol–water partition coefficient (Wildman–Crippen LogP) is 4.51. The molecule has 0 saturated heterocycles. The molecule has 0 aliphatic carbocycles. The summed E-state index contributed by atoms with van der Waals surface area (Å²) in [7, 11) is 0. The minimum absolute atomic E-state index is 0.525. The van der Waals surface area contributed by atoms with E-state index < -0.39 is 0 Å². The predicted molar refractivity (Wildman–Crippen MR) is 97.8 cm³/mol. The summed E-state index contributed by atoms with van der Waals surface area (Å²) < 4.78 is 0. The van der Waals surface area contributed by atoms with Gasteiger partial charge in [0.1, 0.15) is 18.4 Å². The third-order valence-electron chi connectivity index (χ3n) is 3.81. The first-order valence-electron chi connectivity index (χ1n) is 7.95. The van der Waals surface area contributed by atoms with E-state index in [1.54, 1.807) is 6.33 Å². The maximum Gasteiger partial charge on any atom is 0.141 e. The highest BCUT2D eigenvalue weighted by Crippen LogP contribution is 2.31. The molecule has 120 valence electrons. The van der Waals surface area contributed by atoms with Gasteiger partial charge in [-0.3, -0.25) is 0 Å². The van der Waals surface area contributed by atoms with Crippen molar-refractivity contribution in [3.8, 4) is 11.1 Å². The number of rotatable bonds is 6. The van der Waals surface area contributed by atoms with Crippen LogP contribution < -0.4 is 5.32 Å². The Morgan fingerprint density at radius 2 is 1.88 bits per heavy atom. The van der Waals surface area contributed by atoms with Crippen LogP contribution in [0.5, 0.6) is 0 Å². The van der Waals surface area contributed by atoms with E-state index in [9.17, 15) is 4.79 Å². The first kappa shape index (κ1) is 15.9. The second-order valence-corrected chi connectivity index (χ2v) is 5.58. The normalized spacial score (nSPS) is 11.0. The molecule has 3 rings (SSSR count). The number of hydrogen-bond donors (Lipinski definition) is 1. The number of fused-ring (bicyclic) bond motifs is 1. The molecule has 0 aliphatic heterocycles. The van der Waals surface area contributed by atoms with Crippen LogP contribution in [0, 0.1) is 6.92 Å². The molecule has 0 saturated carbocycles. The number of aromatic nitrogens is 2. The van der Waals surface area contributed by atoms with E-state index in [-0.39, 0.29) is 0 Å². The van der Waals surface area contributed by atoms with Gasteiger partial charge in [-0.15, -0.1) is 0 Å². The van der Waals surface area contributed by atoms with Crippen LogP contribution in [0.25, 0.3) is 22.0 Å². The lowest BCUT2D eigenvalue weighted by Crippen LogP contribution is -1.96. The molecule has 4 nitrogen and oxygen atoms in total. The first-order valence-corrected chi connectivity index (χ1v) is 7.95. The average Bonchev–Trinajstić information content (AvgIpc) is 2.62. The molecule has 1 N–H and O–H groups in total. The summed E-state index contributed by atoms with van der Waals surface area (Å²) in [5, 5.41) is 4.21. The summed E-state index contributed by atoms with van der Waals surface area (Å²) in [6, 6.07) is 14.5. The Morgan fingerprint density at radius 1 is 1.04 bits per heavy atom. The van der Waals surface area contributed by atoms with Gasteiger partial charge in [0.05, 0.1) is 10.9 Å². The van der Waals surface area contributed by atoms with Crippen molar-refractivity contribution in [2.45, 2.75) is 19.8 Å². The molecule has 0 unspecified atom stereocenters. The van der Waals surface area contributed by atoms with Crippen LogP contribution in [-0.4, -0.2) is 16.3 Å². The molecule has 0 radical (unpaired) electrons. The van der Waals surface area contributed by atoms with Crippen molar-refractivity contribution in [2.24, 2.45) is 0 Å². The van der Waals surface area contributed by atoms with Gasteiger partial charge in [0, 0.05) is 6.42 Å². The smallest absolute Gasteiger partial charge is 0.141 e. The lowest BCUT2D eigenvalue weighted by atomic mass is 10.00.